The first-order chi connectivity index (χ1) is 15.3. The zero-order valence-corrected chi connectivity index (χ0v) is 18.8. The molecule has 1 aliphatic rings. The molecule has 1 saturated heterocycles. The molecule has 3 heterocycles. The number of amides is 1. The monoisotopic (exact) mass is 435 g/mol. The average molecular weight is 436 g/mol. The molecule has 0 bridgehead atoms. The number of benzene rings is 1. The molecule has 32 heavy (non-hydrogen) atoms. The molecule has 0 unspecified atom stereocenters. The van der Waals surface area contributed by atoms with Gasteiger partial charge in [0.1, 0.15) is 0 Å². The van der Waals surface area contributed by atoms with Crippen molar-refractivity contribution in [2.45, 2.75) is 32.7 Å². The van der Waals surface area contributed by atoms with Gasteiger partial charge in [0, 0.05) is 44.2 Å². The number of para-hydroxylation sites is 1. The van der Waals surface area contributed by atoms with Gasteiger partial charge in [0.05, 0.1) is 24.1 Å². The highest BCUT2D eigenvalue weighted by atomic mass is 16.2. The van der Waals surface area contributed by atoms with Crippen LogP contribution in [-0.2, 0) is 12.0 Å². The van der Waals surface area contributed by atoms with Gasteiger partial charge in [0.2, 0.25) is 0 Å². The fourth-order valence-electron chi connectivity index (χ4n) is 3.63. The predicted molar refractivity (Wildman–Crippen MR) is 121 cm³/mol. The molecule has 0 aliphatic carbocycles. The number of carbonyl (C=O) groups is 1. The van der Waals surface area contributed by atoms with E-state index in [0.29, 0.717) is 31.9 Å². The highest BCUT2D eigenvalue weighted by Crippen LogP contribution is 2.18. The first-order valence-corrected chi connectivity index (χ1v) is 10.9. The Morgan fingerprint density at radius 2 is 1.66 bits per heavy atom. The van der Waals surface area contributed by atoms with E-state index in [4.69, 9.17) is 0 Å². The van der Waals surface area contributed by atoms with Crippen LogP contribution in [0.3, 0.4) is 0 Å². The summed E-state index contributed by atoms with van der Waals surface area (Å²) in [7, 11) is 0. The fourth-order valence-corrected chi connectivity index (χ4v) is 3.63. The second-order valence-electron chi connectivity index (χ2n) is 9.02. The van der Waals surface area contributed by atoms with Crippen molar-refractivity contribution in [2.75, 3.05) is 32.7 Å². The van der Waals surface area contributed by atoms with Gasteiger partial charge in [-0.25, -0.2) is 4.68 Å². The summed E-state index contributed by atoms with van der Waals surface area (Å²) in [5.74, 6) is -0.109. The van der Waals surface area contributed by atoms with Crippen molar-refractivity contribution in [3.63, 3.8) is 0 Å². The van der Waals surface area contributed by atoms with E-state index >= 15 is 0 Å². The molecule has 0 radical (unpaired) electrons. The molecule has 9 heteroatoms. The van der Waals surface area contributed by atoms with Crippen molar-refractivity contribution in [1.82, 2.24) is 34.6 Å². The molecule has 0 N–H and O–H groups in total. The third-order valence-electron chi connectivity index (χ3n) is 5.62. The van der Waals surface area contributed by atoms with Gasteiger partial charge in [0.15, 0.2) is 5.69 Å². The molecule has 1 fully saturated rings. The average Bonchev–Trinajstić information content (AvgIpc) is 3.28. The second-order valence-corrected chi connectivity index (χ2v) is 9.02. The number of carbonyl (C=O) groups excluding carboxylic acids is 1. The van der Waals surface area contributed by atoms with Crippen LogP contribution in [-0.4, -0.2) is 73.2 Å². The number of hydrogen-bond acceptors (Lipinski definition) is 6. The zero-order valence-electron chi connectivity index (χ0n) is 18.8. The Bertz CT molecular complexity index is 1120. The fraction of sp³-hybridized carbons (Fsp3) is 0.435. The lowest BCUT2D eigenvalue weighted by molar-refractivity contribution is 0.0625. The van der Waals surface area contributed by atoms with Gasteiger partial charge in [-0.2, -0.15) is 15.0 Å². The quantitative estimate of drug-likeness (QED) is 0.605. The van der Waals surface area contributed by atoms with Crippen molar-refractivity contribution in [2.24, 2.45) is 0 Å². The molecule has 4 rings (SSSR count). The van der Waals surface area contributed by atoms with E-state index in [2.05, 4.69) is 41.0 Å². The van der Waals surface area contributed by atoms with Crippen molar-refractivity contribution in [1.29, 1.82) is 0 Å². The Hall–Kier alpha value is -3.33. The minimum Gasteiger partial charge on any atom is -0.335 e. The maximum absolute atomic E-state index is 12.8. The van der Waals surface area contributed by atoms with Crippen LogP contribution in [0.25, 0.3) is 5.69 Å². The third-order valence-corrected chi connectivity index (χ3v) is 5.62. The lowest BCUT2D eigenvalue weighted by Gasteiger charge is -2.34. The molecular weight excluding hydrogens is 406 g/mol. The number of nitrogens with zero attached hydrogens (tertiary/aromatic N) is 7. The number of hydrogen-bond donors (Lipinski definition) is 0. The van der Waals surface area contributed by atoms with Crippen molar-refractivity contribution < 1.29 is 4.79 Å². The summed E-state index contributed by atoms with van der Waals surface area (Å²) in [5, 5.41) is 13.1. The summed E-state index contributed by atoms with van der Waals surface area (Å²) < 4.78 is 1.54. The van der Waals surface area contributed by atoms with E-state index in [1.54, 1.807) is 21.7 Å². The van der Waals surface area contributed by atoms with Crippen LogP contribution in [0.1, 0.15) is 37.0 Å². The van der Waals surface area contributed by atoms with Crippen molar-refractivity contribution in [3.05, 3.63) is 70.4 Å². The molecule has 0 saturated carbocycles. The van der Waals surface area contributed by atoms with Gasteiger partial charge >= 0.3 is 0 Å². The highest BCUT2D eigenvalue weighted by Gasteiger charge is 2.24. The van der Waals surface area contributed by atoms with E-state index in [1.165, 1.54) is 11.0 Å². The first kappa shape index (κ1) is 21.9. The molecule has 168 valence electrons. The van der Waals surface area contributed by atoms with Crippen LogP contribution < -0.4 is 5.56 Å². The summed E-state index contributed by atoms with van der Waals surface area (Å²) in [6.07, 6.45) is 1.52. The highest BCUT2D eigenvalue weighted by molar-refractivity contribution is 5.92. The van der Waals surface area contributed by atoms with E-state index < -0.39 is 0 Å². The first-order valence-electron chi connectivity index (χ1n) is 10.9. The van der Waals surface area contributed by atoms with Crippen LogP contribution in [0, 0.1) is 0 Å². The van der Waals surface area contributed by atoms with Crippen LogP contribution in [0.4, 0.5) is 0 Å². The SMILES string of the molecule is CC(C)(C)c1ccc(=O)n(CCN2CCN(C(=O)c3cnn(-c4ccccc4)n3)CC2)n1. The van der Waals surface area contributed by atoms with Crippen molar-refractivity contribution >= 4 is 5.91 Å². The Morgan fingerprint density at radius 3 is 2.34 bits per heavy atom. The van der Waals surface area contributed by atoms with Gasteiger partial charge < -0.3 is 4.90 Å². The molecule has 9 nitrogen and oxygen atoms in total. The standard InChI is InChI=1S/C23H29N7O2/c1-23(2,3)20-9-10-21(31)29(26-20)16-13-27-11-14-28(15-12-27)22(32)19-17-24-30(25-19)18-7-5-4-6-8-18/h4-10,17H,11-16H2,1-3H3. The Labute approximate surface area is 187 Å². The van der Waals surface area contributed by atoms with Gasteiger partial charge in [0.25, 0.3) is 11.5 Å². The van der Waals surface area contributed by atoms with E-state index in [-0.39, 0.29) is 16.9 Å². The number of piperazine rings is 1. The molecule has 1 aliphatic heterocycles. The topological polar surface area (TPSA) is 89.2 Å². The minimum absolute atomic E-state index is 0.0895. The summed E-state index contributed by atoms with van der Waals surface area (Å²) in [6, 6.07) is 12.9. The summed E-state index contributed by atoms with van der Waals surface area (Å²) >= 11 is 0. The number of rotatable bonds is 5. The lowest BCUT2D eigenvalue weighted by Crippen LogP contribution is -2.49. The Morgan fingerprint density at radius 1 is 0.938 bits per heavy atom. The molecule has 2 aromatic heterocycles. The maximum Gasteiger partial charge on any atom is 0.276 e. The van der Waals surface area contributed by atoms with E-state index in [9.17, 15) is 9.59 Å². The lowest BCUT2D eigenvalue weighted by atomic mass is 9.92. The molecule has 1 aromatic carbocycles. The molecular formula is C23H29N7O2. The van der Waals surface area contributed by atoms with Crippen LogP contribution in [0.5, 0.6) is 0 Å². The molecule has 0 atom stereocenters. The minimum atomic E-state index is -0.109. The van der Waals surface area contributed by atoms with E-state index in [1.807, 2.05) is 30.3 Å². The van der Waals surface area contributed by atoms with Crippen molar-refractivity contribution in [3.8, 4) is 5.69 Å². The smallest absolute Gasteiger partial charge is 0.276 e. The molecule has 1 amide bonds. The number of aromatic nitrogens is 5. The van der Waals surface area contributed by atoms with Gasteiger partial charge in [-0.1, -0.05) is 39.0 Å². The molecule has 0 spiro atoms. The van der Waals surface area contributed by atoms with Gasteiger partial charge in [-0.05, 0) is 18.2 Å². The maximum atomic E-state index is 12.8. The Kier molecular flexibility index (Phi) is 6.18. The van der Waals surface area contributed by atoms with Gasteiger partial charge in [-0.3, -0.25) is 14.5 Å². The predicted octanol–water partition coefficient (Wildman–Crippen LogP) is 1.58. The summed E-state index contributed by atoms with van der Waals surface area (Å²) in [6.45, 7) is 10.2. The van der Waals surface area contributed by atoms with Crippen LogP contribution in [0.2, 0.25) is 0 Å². The Balaban J connectivity index is 1.32. The summed E-state index contributed by atoms with van der Waals surface area (Å²) in [4.78, 5) is 30.6. The second kappa shape index (κ2) is 9.04. The van der Waals surface area contributed by atoms with E-state index in [0.717, 1.165) is 24.5 Å². The zero-order chi connectivity index (χ0) is 22.7. The largest absolute Gasteiger partial charge is 0.335 e. The summed E-state index contributed by atoms with van der Waals surface area (Å²) in [5.41, 5.74) is 1.86. The molecule has 3 aromatic rings. The van der Waals surface area contributed by atoms with Crippen LogP contribution in [0.15, 0.2) is 53.5 Å². The van der Waals surface area contributed by atoms with Gasteiger partial charge in [-0.15, -0.1) is 5.10 Å². The van der Waals surface area contributed by atoms with Crippen LogP contribution >= 0.6 is 0 Å². The third kappa shape index (κ3) is 4.94. The normalized spacial score (nSPS) is 15.2.